The standard InChI is InChI=1S/C21H25Cl2N5O/c1-6-28(11-15(29)7-14-8-17(22)24-18(23)9-14)19-10-16(12(2)3)20-13(4)26-27(5)21(20)25-19/h8-10,12H,6-7,11H2,1-5H3. The van der Waals surface area contributed by atoms with Crippen LogP contribution in [0.3, 0.4) is 0 Å². The van der Waals surface area contributed by atoms with E-state index in [9.17, 15) is 4.79 Å². The van der Waals surface area contributed by atoms with Crippen LogP contribution in [0.15, 0.2) is 18.2 Å². The Morgan fingerprint density at radius 2 is 1.83 bits per heavy atom. The number of fused-ring (bicyclic) bond motifs is 1. The van der Waals surface area contributed by atoms with E-state index in [1.807, 2.05) is 25.8 Å². The minimum atomic E-state index is 0.0550. The van der Waals surface area contributed by atoms with Gasteiger partial charge in [0.05, 0.1) is 12.2 Å². The SMILES string of the molecule is CCN(CC(=O)Cc1cc(Cl)nc(Cl)c1)c1cc(C(C)C)c2c(C)nn(C)c2n1. The third-order valence-corrected chi connectivity index (χ3v) is 5.29. The van der Waals surface area contributed by atoms with E-state index >= 15 is 0 Å². The van der Waals surface area contributed by atoms with Gasteiger partial charge in [-0.25, -0.2) is 9.97 Å². The van der Waals surface area contributed by atoms with Gasteiger partial charge in [-0.2, -0.15) is 5.10 Å². The number of aromatic nitrogens is 4. The minimum absolute atomic E-state index is 0.0550. The Balaban J connectivity index is 1.90. The second-order valence-electron chi connectivity index (χ2n) is 7.48. The van der Waals surface area contributed by atoms with Crippen LogP contribution in [0.4, 0.5) is 5.82 Å². The fourth-order valence-corrected chi connectivity index (χ4v) is 4.05. The second-order valence-corrected chi connectivity index (χ2v) is 8.26. The first-order valence-corrected chi connectivity index (χ1v) is 10.4. The zero-order chi connectivity index (χ0) is 21.3. The molecule has 0 aliphatic carbocycles. The summed E-state index contributed by atoms with van der Waals surface area (Å²) in [6.07, 6.45) is 0.239. The maximum absolute atomic E-state index is 12.7. The quantitative estimate of drug-likeness (QED) is 0.503. The number of halogens is 2. The number of hydrogen-bond acceptors (Lipinski definition) is 5. The van der Waals surface area contributed by atoms with Gasteiger partial charge in [-0.1, -0.05) is 37.0 Å². The lowest BCUT2D eigenvalue weighted by Crippen LogP contribution is -2.31. The number of nitrogens with zero attached hydrogens (tertiary/aromatic N) is 5. The van der Waals surface area contributed by atoms with E-state index in [4.69, 9.17) is 28.2 Å². The van der Waals surface area contributed by atoms with E-state index < -0.39 is 0 Å². The highest BCUT2D eigenvalue weighted by molar-refractivity contribution is 6.32. The van der Waals surface area contributed by atoms with Crippen molar-refractivity contribution in [3.63, 3.8) is 0 Å². The maximum Gasteiger partial charge on any atom is 0.160 e. The number of likely N-dealkylation sites (N-methyl/N-ethyl adjacent to an activating group) is 1. The third kappa shape index (κ3) is 4.70. The van der Waals surface area contributed by atoms with Crippen LogP contribution in [0, 0.1) is 6.92 Å². The topological polar surface area (TPSA) is 63.9 Å². The van der Waals surface area contributed by atoms with Gasteiger partial charge in [-0.05, 0) is 49.1 Å². The molecule has 6 nitrogen and oxygen atoms in total. The highest BCUT2D eigenvalue weighted by atomic mass is 35.5. The van der Waals surface area contributed by atoms with Gasteiger partial charge in [0.25, 0.3) is 0 Å². The molecule has 0 atom stereocenters. The lowest BCUT2D eigenvalue weighted by molar-refractivity contribution is -0.117. The van der Waals surface area contributed by atoms with Crippen molar-refractivity contribution in [2.75, 3.05) is 18.0 Å². The van der Waals surface area contributed by atoms with E-state index in [-0.39, 0.29) is 29.1 Å². The van der Waals surface area contributed by atoms with Crippen molar-refractivity contribution in [1.29, 1.82) is 0 Å². The average Bonchev–Trinajstić information content (AvgIpc) is 2.92. The van der Waals surface area contributed by atoms with Crippen molar-refractivity contribution in [2.45, 2.75) is 40.0 Å². The summed E-state index contributed by atoms with van der Waals surface area (Å²) in [5.74, 6) is 1.16. The lowest BCUT2D eigenvalue weighted by Gasteiger charge is -2.23. The molecule has 0 unspecified atom stereocenters. The van der Waals surface area contributed by atoms with E-state index in [1.54, 1.807) is 16.8 Å². The largest absolute Gasteiger partial charge is 0.349 e. The molecule has 0 fully saturated rings. The van der Waals surface area contributed by atoms with Crippen molar-refractivity contribution < 1.29 is 4.79 Å². The summed E-state index contributed by atoms with van der Waals surface area (Å²) in [5.41, 5.74) is 3.75. The second kappa shape index (κ2) is 8.67. The van der Waals surface area contributed by atoms with Crippen LogP contribution in [0.2, 0.25) is 10.3 Å². The molecule has 0 bridgehead atoms. The predicted molar refractivity (Wildman–Crippen MR) is 118 cm³/mol. The number of hydrogen-bond donors (Lipinski definition) is 0. The maximum atomic E-state index is 12.7. The number of aryl methyl sites for hydroxylation is 2. The minimum Gasteiger partial charge on any atom is -0.349 e. The fraction of sp³-hybridized carbons (Fsp3) is 0.429. The molecule has 0 saturated carbocycles. The molecule has 0 spiro atoms. The zero-order valence-corrected chi connectivity index (χ0v) is 18.8. The smallest absolute Gasteiger partial charge is 0.160 e. The zero-order valence-electron chi connectivity index (χ0n) is 17.3. The highest BCUT2D eigenvalue weighted by Crippen LogP contribution is 2.30. The van der Waals surface area contributed by atoms with E-state index in [1.165, 1.54) is 5.56 Å². The van der Waals surface area contributed by atoms with E-state index in [0.29, 0.717) is 12.5 Å². The molecule has 29 heavy (non-hydrogen) atoms. The summed E-state index contributed by atoms with van der Waals surface area (Å²) in [7, 11) is 1.90. The lowest BCUT2D eigenvalue weighted by atomic mass is 9.99. The summed E-state index contributed by atoms with van der Waals surface area (Å²) in [4.78, 5) is 23.5. The number of carbonyl (C=O) groups is 1. The van der Waals surface area contributed by atoms with Gasteiger partial charge < -0.3 is 4.90 Å². The van der Waals surface area contributed by atoms with Crippen molar-refractivity contribution in [1.82, 2.24) is 19.7 Å². The van der Waals surface area contributed by atoms with Crippen LogP contribution < -0.4 is 4.90 Å². The third-order valence-electron chi connectivity index (χ3n) is 4.90. The van der Waals surface area contributed by atoms with Crippen molar-refractivity contribution in [3.05, 3.63) is 45.3 Å². The Morgan fingerprint density at radius 3 is 2.41 bits per heavy atom. The van der Waals surface area contributed by atoms with Gasteiger partial charge in [0.2, 0.25) is 0 Å². The number of carbonyl (C=O) groups excluding carboxylic acids is 1. The molecule has 3 aromatic rings. The number of ketones is 1. The molecule has 0 aliphatic heterocycles. The van der Waals surface area contributed by atoms with Crippen LogP contribution in [0.1, 0.15) is 43.5 Å². The van der Waals surface area contributed by atoms with Crippen LogP contribution in [0.5, 0.6) is 0 Å². The molecular weight excluding hydrogens is 409 g/mol. The molecule has 8 heteroatoms. The first-order chi connectivity index (χ1) is 13.7. The van der Waals surface area contributed by atoms with Gasteiger partial charge >= 0.3 is 0 Å². The fourth-order valence-electron chi connectivity index (χ4n) is 3.55. The van der Waals surface area contributed by atoms with Gasteiger partial charge in [0.1, 0.15) is 16.1 Å². The van der Waals surface area contributed by atoms with Crippen molar-refractivity contribution in [2.24, 2.45) is 7.05 Å². The Kier molecular flexibility index (Phi) is 6.44. The summed E-state index contributed by atoms with van der Waals surface area (Å²) in [6, 6.07) is 5.42. The molecule has 0 radical (unpaired) electrons. The Labute approximate surface area is 180 Å². The average molecular weight is 434 g/mol. The summed E-state index contributed by atoms with van der Waals surface area (Å²) in [6.45, 7) is 9.24. The van der Waals surface area contributed by atoms with E-state index in [0.717, 1.165) is 28.1 Å². The van der Waals surface area contributed by atoms with Gasteiger partial charge in [0.15, 0.2) is 11.4 Å². The molecule has 0 aliphatic rings. The summed E-state index contributed by atoms with van der Waals surface area (Å²) < 4.78 is 1.80. The molecule has 154 valence electrons. The summed E-state index contributed by atoms with van der Waals surface area (Å²) in [5, 5.41) is 6.19. The molecule has 3 rings (SSSR count). The van der Waals surface area contributed by atoms with Crippen LogP contribution >= 0.6 is 23.2 Å². The summed E-state index contributed by atoms with van der Waals surface area (Å²) >= 11 is 11.9. The van der Waals surface area contributed by atoms with Crippen LogP contribution in [-0.2, 0) is 18.3 Å². The molecular formula is C21H25Cl2N5O. The van der Waals surface area contributed by atoms with Gasteiger partial charge in [0, 0.05) is 25.4 Å². The molecule has 0 N–H and O–H groups in total. The highest BCUT2D eigenvalue weighted by Gasteiger charge is 2.19. The van der Waals surface area contributed by atoms with E-state index in [2.05, 4.69) is 30.0 Å². The number of Topliss-reactive ketones (excluding diaryl/α,β-unsaturated/α-hetero) is 1. The Bertz CT molecular complexity index is 1040. The monoisotopic (exact) mass is 433 g/mol. The molecule has 0 amide bonds. The molecule has 0 aromatic carbocycles. The number of rotatable bonds is 7. The molecule has 3 heterocycles. The normalized spacial score (nSPS) is 11.4. The van der Waals surface area contributed by atoms with Crippen molar-refractivity contribution in [3.8, 4) is 0 Å². The van der Waals surface area contributed by atoms with Crippen molar-refractivity contribution >= 4 is 45.8 Å². The number of anilines is 1. The number of pyridine rings is 2. The Hall–Kier alpha value is -2.18. The predicted octanol–water partition coefficient (Wildman–Crippen LogP) is 4.74. The molecule has 3 aromatic heterocycles. The van der Waals surface area contributed by atoms with Gasteiger partial charge in [-0.3, -0.25) is 9.48 Å². The van der Waals surface area contributed by atoms with Crippen LogP contribution in [-0.4, -0.2) is 38.6 Å². The molecule has 0 saturated heterocycles. The van der Waals surface area contributed by atoms with Crippen LogP contribution in [0.25, 0.3) is 11.0 Å². The first kappa shape index (κ1) is 21.5. The first-order valence-electron chi connectivity index (χ1n) is 9.62. The Morgan fingerprint density at radius 1 is 1.17 bits per heavy atom. The van der Waals surface area contributed by atoms with Gasteiger partial charge in [-0.15, -0.1) is 0 Å².